The number of rotatable bonds is 4. The molecule has 1 heterocycles. The van der Waals surface area contributed by atoms with Crippen LogP contribution in [0.5, 0.6) is 0 Å². The normalized spacial score (nSPS) is 11.6. The van der Waals surface area contributed by atoms with Crippen LogP contribution in [0.1, 0.15) is 25.0 Å². The van der Waals surface area contributed by atoms with Crippen molar-refractivity contribution in [2.24, 2.45) is 0 Å². The SMILES string of the molecule is Cc1ccc(Br)cc1C(C)(C)CNc1nnns1. The summed E-state index contributed by atoms with van der Waals surface area (Å²) < 4.78 is 4.84. The van der Waals surface area contributed by atoms with Gasteiger partial charge in [0.25, 0.3) is 0 Å². The third-order valence-corrected chi connectivity index (χ3v) is 3.96. The Kier molecular flexibility index (Phi) is 3.97. The molecular formula is C12H15BrN4S. The van der Waals surface area contributed by atoms with Crippen molar-refractivity contribution in [3.05, 3.63) is 33.8 Å². The molecule has 0 spiro atoms. The summed E-state index contributed by atoms with van der Waals surface area (Å²) in [4.78, 5) is 0. The van der Waals surface area contributed by atoms with E-state index < -0.39 is 0 Å². The summed E-state index contributed by atoms with van der Waals surface area (Å²) in [6.07, 6.45) is 0. The third-order valence-electron chi connectivity index (χ3n) is 2.91. The van der Waals surface area contributed by atoms with Crippen molar-refractivity contribution < 1.29 is 0 Å². The molecule has 1 aromatic heterocycles. The number of nitrogens with one attached hydrogen (secondary N) is 1. The molecule has 0 aliphatic rings. The average Bonchev–Trinajstić information content (AvgIpc) is 2.83. The maximum Gasteiger partial charge on any atom is 0.225 e. The average molecular weight is 327 g/mol. The Morgan fingerprint density at radius 3 is 2.83 bits per heavy atom. The minimum atomic E-state index is 0.0134. The molecule has 1 aromatic carbocycles. The predicted molar refractivity (Wildman–Crippen MR) is 78.1 cm³/mol. The lowest BCUT2D eigenvalue weighted by molar-refractivity contribution is 0.552. The Hall–Kier alpha value is -1.01. The highest BCUT2D eigenvalue weighted by molar-refractivity contribution is 9.10. The largest absolute Gasteiger partial charge is 0.358 e. The summed E-state index contributed by atoms with van der Waals surface area (Å²) in [5.41, 5.74) is 2.63. The van der Waals surface area contributed by atoms with Crippen LogP contribution >= 0.6 is 27.5 Å². The quantitative estimate of drug-likeness (QED) is 0.935. The lowest BCUT2D eigenvalue weighted by Gasteiger charge is -2.27. The van der Waals surface area contributed by atoms with E-state index in [2.05, 4.69) is 75.0 Å². The highest BCUT2D eigenvalue weighted by Gasteiger charge is 2.23. The second kappa shape index (κ2) is 5.32. The van der Waals surface area contributed by atoms with Gasteiger partial charge in [-0.25, -0.2) is 0 Å². The van der Waals surface area contributed by atoms with E-state index in [1.165, 1.54) is 22.7 Å². The zero-order valence-electron chi connectivity index (χ0n) is 10.6. The van der Waals surface area contributed by atoms with Gasteiger partial charge < -0.3 is 5.32 Å². The number of halogens is 1. The van der Waals surface area contributed by atoms with E-state index in [4.69, 9.17) is 0 Å². The molecule has 0 fully saturated rings. The molecule has 0 aliphatic carbocycles. The van der Waals surface area contributed by atoms with Crippen molar-refractivity contribution in [3.8, 4) is 0 Å². The molecule has 6 heteroatoms. The van der Waals surface area contributed by atoms with E-state index in [0.29, 0.717) is 0 Å². The Morgan fingerprint density at radius 2 is 2.17 bits per heavy atom. The van der Waals surface area contributed by atoms with Crippen LogP contribution < -0.4 is 5.32 Å². The summed E-state index contributed by atoms with van der Waals surface area (Å²) >= 11 is 4.80. The van der Waals surface area contributed by atoms with Gasteiger partial charge in [-0.2, -0.15) is 0 Å². The van der Waals surface area contributed by atoms with Crippen molar-refractivity contribution in [2.75, 3.05) is 11.9 Å². The number of anilines is 1. The maximum absolute atomic E-state index is 3.89. The number of hydrogen-bond acceptors (Lipinski definition) is 5. The van der Waals surface area contributed by atoms with Gasteiger partial charge in [-0.15, -0.1) is 0 Å². The first-order valence-corrected chi connectivity index (χ1v) is 7.21. The number of aryl methyl sites for hydroxylation is 1. The summed E-state index contributed by atoms with van der Waals surface area (Å²) in [5, 5.41) is 11.5. The van der Waals surface area contributed by atoms with Crippen LogP contribution in [0.4, 0.5) is 5.13 Å². The van der Waals surface area contributed by atoms with E-state index in [9.17, 15) is 0 Å². The molecule has 0 bridgehead atoms. The van der Waals surface area contributed by atoms with Crippen molar-refractivity contribution in [1.29, 1.82) is 0 Å². The Balaban J connectivity index is 2.16. The second-order valence-corrected chi connectivity index (χ2v) is 6.51. The Bertz CT molecular complexity index is 525. The molecule has 4 nitrogen and oxygen atoms in total. The van der Waals surface area contributed by atoms with Gasteiger partial charge in [0.2, 0.25) is 5.13 Å². The fraction of sp³-hybridized carbons (Fsp3) is 0.417. The number of benzene rings is 1. The van der Waals surface area contributed by atoms with Crippen molar-refractivity contribution in [2.45, 2.75) is 26.2 Å². The molecule has 0 atom stereocenters. The number of hydrogen-bond donors (Lipinski definition) is 1. The second-order valence-electron chi connectivity index (χ2n) is 4.86. The monoisotopic (exact) mass is 326 g/mol. The lowest BCUT2D eigenvalue weighted by Crippen LogP contribution is -2.28. The van der Waals surface area contributed by atoms with Gasteiger partial charge in [0, 0.05) is 28.0 Å². The maximum atomic E-state index is 3.89. The molecule has 0 unspecified atom stereocenters. The number of nitrogens with zero attached hydrogens (tertiary/aromatic N) is 3. The molecule has 0 amide bonds. The van der Waals surface area contributed by atoms with Crippen LogP contribution in [-0.4, -0.2) is 21.3 Å². The standard InChI is InChI=1S/C12H15BrN4S/c1-8-4-5-9(13)6-10(8)12(2,3)7-14-11-15-16-17-18-11/h4-6H,7H2,1-3H3,(H,14,15,17). The van der Waals surface area contributed by atoms with E-state index in [0.717, 1.165) is 16.1 Å². The lowest BCUT2D eigenvalue weighted by atomic mass is 9.82. The summed E-state index contributed by atoms with van der Waals surface area (Å²) in [6, 6.07) is 6.38. The van der Waals surface area contributed by atoms with Gasteiger partial charge in [0.05, 0.1) is 0 Å². The first-order valence-electron chi connectivity index (χ1n) is 5.64. The molecule has 96 valence electrons. The van der Waals surface area contributed by atoms with E-state index >= 15 is 0 Å². The van der Waals surface area contributed by atoms with Gasteiger partial charge in [0.1, 0.15) is 0 Å². The van der Waals surface area contributed by atoms with Crippen LogP contribution in [0, 0.1) is 6.92 Å². The summed E-state index contributed by atoms with van der Waals surface area (Å²) in [7, 11) is 0. The zero-order chi connectivity index (χ0) is 13.2. The van der Waals surface area contributed by atoms with Crippen LogP contribution in [0.25, 0.3) is 0 Å². The fourth-order valence-electron chi connectivity index (χ4n) is 1.92. The van der Waals surface area contributed by atoms with Crippen molar-refractivity contribution in [3.63, 3.8) is 0 Å². The van der Waals surface area contributed by atoms with E-state index in [-0.39, 0.29) is 5.41 Å². The van der Waals surface area contributed by atoms with Crippen LogP contribution in [0.15, 0.2) is 22.7 Å². The Morgan fingerprint density at radius 1 is 1.39 bits per heavy atom. The molecule has 0 aliphatic heterocycles. The zero-order valence-corrected chi connectivity index (χ0v) is 13.0. The molecule has 0 saturated carbocycles. The van der Waals surface area contributed by atoms with Gasteiger partial charge in [-0.3, -0.25) is 0 Å². The molecule has 0 radical (unpaired) electrons. The minimum Gasteiger partial charge on any atom is -0.358 e. The molecule has 0 saturated heterocycles. The van der Waals surface area contributed by atoms with Crippen LogP contribution in [0.2, 0.25) is 0 Å². The van der Waals surface area contributed by atoms with Crippen LogP contribution in [0.3, 0.4) is 0 Å². The molecule has 18 heavy (non-hydrogen) atoms. The summed E-state index contributed by atoms with van der Waals surface area (Å²) in [6.45, 7) is 7.35. The minimum absolute atomic E-state index is 0.0134. The summed E-state index contributed by atoms with van der Waals surface area (Å²) in [5.74, 6) is 0. The highest BCUT2D eigenvalue weighted by atomic mass is 79.9. The molecule has 2 rings (SSSR count). The van der Waals surface area contributed by atoms with Crippen LogP contribution in [-0.2, 0) is 5.41 Å². The smallest absolute Gasteiger partial charge is 0.225 e. The van der Waals surface area contributed by atoms with Gasteiger partial charge in [-0.1, -0.05) is 45.4 Å². The van der Waals surface area contributed by atoms with Gasteiger partial charge in [-0.05, 0) is 35.4 Å². The van der Waals surface area contributed by atoms with Gasteiger partial charge in [0.15, 0.2) is 0 Å². The van der Waals surface area contributed by atoms with E-state index in [1.54, 1.807) is 0 Å². The van der Waals surface area contributed by atoms with Crippen molar-refractivity contribution in [1.82, 2.24) is 14.8 Å². The molecule has 2 aromatic rings. The predicted octanol–water partition coefficient (Wildman–Crippen LogP) is 3.39. The molecular weight excluding hydrogens is 312 g/mol. The third kappa shape index (κ3) is 3.05. The van der Waals surface area contributed by atoms with Crippen molar-refractivity contribution >= 4 is 32.6 Å². The van der Waals surface area contributed by atoms with Gasteiger partial charge >= 0.3 is 0 Å². The first kappa shape index (κ1) is 13.4. The number of aromatic nitrogens is 3. The molecule has 1 N–H and O–H groups in total. The van der Waals surface area contributed by atoms with E-state index in [1.807, 2.05) is 0 Å². The Labute approximate surface area is 119 Å². The topological polar surface area (TPSA) is 50.7 Å². The highest BCUT2D eigenvalue weighted by Crippen LogP contribution is 2.29. The first-order chi connectivity index (χ1) is 8.49. The fourth-order valence-corrected chi connectivity index (χ4v) is 2.64.